The van der Waals surface area contributed by atoms with E-state index in [-0.39, 0.29) is 23.4 Å². The molecule has 0 N–H and O–H groups in total. The third-order valence-corrected chi connectivity index (χ3v) is 6.23. The van der Waals surface area contributed by atoms with E-state index in [9.17, 15) is 26.3 Å². The van der Waals surface area contributed by atoms with Crippen LogP contribution in [-0.4, -0.2) is 33.3 Å². The Morgan fingerprint density at radius 3 is 2.13 bits per heavy atom. The van der Waals surface area contributed by atoms with Crippen molar-refractivity contribution in [2.45, 2.75) is 42.7 Å². The molecule has 4 nitrogen and oxygen atoms in total. The van der Waals surface area contributed by atoms with E-state index in [2.05, 4.69) is 4.98 Å². The fraction of sp³-hybridized carbons (Fsp3) is 0.421. The maximum Gasteiger partial charge on any atom is 0.417 e. The van der Waals surface area contributed by atoms with Crippen molar-refractivity contribution in [3.8, 4) is 11.6 Å². The van der Waals surface area contributed by atoms with Crippen molar-refractivity contribution >= 4 is 11.8 Å². The molecule has 0 radical (unpaired) electrons. The van der Waals surface area contributed by atoms with E-state index in [1.165, 1.54) is 18.2 Å². The monoisotopic (exact) mass is 450 g/mol. The average molecular weight is 450 g/mol. The molecule has 0 saturated carbocycles. The molecule has 2 fully saturated rings. The number of alkyl halides is 6. The van der Waals surface area contributed by atoms with Crippen LogP contribution in [0.4, 0.5) is 26.3 Å². The van der Waals surface area contributed by atoms with Gasteiger partial charge in [0.1, 0.15) is 11.9 Å². The molecule has 4 rings (SSSR count). The van der Waals surface area contributed by atoms with Crippen molar-refractivity contribution in [3.63, 3.8) is 0 Å². The van der Waals surface area contributed by atoms with Crippen molar-refractivity contribution < 1.29 is 35.9 Å². The molecule has 162 valence electrons. The number of hydroxylamine groups is 2. The van der Waals surface area contributed by atoms with Gasteiger partial charge in [-0.2, -0.15) is 26.3 Å². The Labute approximate surface area is 172 Å². The minimum absolute atomic E-state index is 0.0442. The molecule has 3 atom stereocenters. The van der Waals surface area contributed by atoms with Crippen LogP contribution >= 0.6 is 11.8 Å². The number of rotatable bonds is 4. The van der Waals surface area contributed by atoms with Crippen LogP contribution in [0.25, 0.3) is 0 Å². The first-order chi connectivity index (χ1) is 14.1. The number of thioether (sulfide) groups is 1. The van der Waals surface area contributed by atoms with Crippen LogP contribution < -0.4 is 9.57 Å². The number of pyridine rings is 1. The van der Waals surface area contributed by atoms with Crippen LogP contribution in [0.2, 0.25) is 0 Å². The van der Waals surface area contributed by atoms with Crippen LogP contribution in [0.1, 0.15) is 24.0 Å². The number of hydrogen-bond acceptors (Lipinski definition) is 5. The number of nitrogens with zero attached hydrogens (tertiary/aromatic N) is 2. The molecule has 11 heteroatoms. The SMILES string of the molecule is FC(F)(F)c1ccc(O[C@@H]2C[C@@H]3CS[C@H](C2)N3Oc2ccc(C(F)(F)F)cn2)cc1. The van der Waals surface area contributed by atoms with E-state index < -0.39 is 23.5 Å². The van der Waals surface area contributed by atoms with Gasteiger partial charge in [0.25, 0.3) is 0 Å². The molecule has 2 aromatic rings. The maximum atomic E-state index is 12.7. The minimum atomic E-state index is -4.46. The number of piperidine rings is 1. The predicted octanol–water partition coefficient (Wildman–Crippen LogP) is 5.40. The van der Waals surface area contributed by atoms with Crippen molar-refractivity contribution in [1.29, 1.82) is 0 Å². The highest BCUT2D eigenvalue weighted by Crippen LogP contribution is 2.41. The molecule has 1 aromatic carbocycles. The second kappa shape index (κ2) is 7.84. The minimum Gasteiger partial charge on any atom is -0.490 e. The number of halogens is 6. The van der Waals surface area contributed by atoms with Gasteiger partial charge in [-0.1, -0.05) is 0 Å². The Bertz CT molecular complexity index is 859. The van der Waals surface area contributed by atoms with Gasteiger partial charge in [-0.05, 0) is 30.3 Å². The van der Waals surface area contributed by atoms with Crippen molar-refractivity contribution in [1.82, 2.24) is 10.0 Å². The first kappa shape index (κ1) is 21.1. The first-order valence-corrected chi connectivity index (χ1v) is 10.1. The van der Waals surface area contributed by atoms with E-state index in [0.29, 0.717) is 18.6 Å². The summed E-state index contributed by atoms with van der Waals surface area (Å²) >= 11 is 1.63. The third kappa shape index (κ3) is 4.61. The van der Waals surface area contributed by atoms with Gasteiger partial charge in [-0.15, -0.1) is 16.8 Å². The van der Waals surface area contributed by atoms with Crippen molar-refractivity contribution in [2.75, 3.05) is 5.75 Å². The van der Waals surface area contributed by atoms with Gasteiger partial charge >= 0.3 is 12.4 Å². The van der Waals surface area contributed by atoms with Gasteiger partial charge in [0.15, 0.2) is 0 Å². The first-order valence-electron chi connectivity index (χ1n) is 9.04. The standard InChI is InChI=1S/C19H16F6N2O2S/c20-18(21,22)11-1-4-14(5-2-11)28-15-7-13-10-30-17(8-15)27(13)29-16-6-3-12(9-26-16)19(23,24)25/h1-6,9,13,15,17H,7-8,10H2/t13-,15-,17-/m1/s1. The Morgan fingerprint density at radius 1 is 0.900 bits per heavy atom. The Hall–Kier alpha value is -2.14. The van der Waals surface area contributed by atoms with Gasteiger partial charge < -0.3 is 9.57 Å². The van der Waals surface area contributed by atoms with Gasteiger partial charge in [0.2, 0.25) is 5.88 Å². The molecule has 2 aliphatic heterocycles. The lowest BCUT2D eigenvalue weighted by Gasteiger charge is -2.36. The van der Waals surface area contributed by atoms with E-state index in [1.54, 1.807) is 16.8 Å². The van der Waals surface area contributed by atoms with Crippen LogP contribution in [-0.2, 0) is 12.4 Å². The normalized spacial score (nSPS) is 24.7. The molecule has 30 heavy (non-hydrogen) atoms. The summed E-state index contributed by atoms with van der Waals surface area (Å²) in [5, 5.41) is 1.62. The number of aromatic nitrogens is 1. The smallest absolute Gasteiger partial charge is 0.417 e. The van der Waals surface area contributed by atoms with E-state index >= 15 is 0 Å². The second-order valence-electron chi connectivity index (χ2n) is 7.01. The summed E-state index contributed by atoms with van der Waals surface area (Å²) in [4.78, 5) is 9.45. The fourth-order valence-electron chi connectivity index (χ4n) is 3.43. The van der Waals surface area contributed by atoms with Gasteiger partial charge in [0.05, 0.1) is 22.5 Å². The molecule has 0 spiro atoms. The van der Waals surface area contributed by atoms with Crippen LogP contribution in [0.5, 0.6) is 11.6 Å². The highest BCUT2D eigenvalue weighted by molar-refractivity contribution is 8.00. The number of ether oxygens (including phenoxy) is 1. The molecule has 2 bridgehead atoms. The molecule has 2 aliphatic rings. The summed E-state index contributed by atoms with van der Waals surface area (Å²) in [5.74, 6) is 1.18. The van der Waals surface area contributed by atoms with Crippen molar-refractivity contribution in [3.05, 3.63) is 53.7 Å². The predicted molar refractivity (Wildman–Crippen MR) is 96.8 cm³/mol. The van der Waals surface area contributed by atoms with E-state index in [1.807, 2.05) is 0 Å². The second-order valence-corrected chi connectivity index (χ2v) is 8.22. The van der Waals surface area contributed by atoms with Crippen LogP contribution in [0.15, 0.2) is 42.6 Å². The lowest BCUT2D eigenvalue weighted by atomic mass is 10.0. The molecule has 1 aromatic heterocycles. The summed E-state index contributed by atoms with van der Waals surface area (Å²) in [7, 11) is 0. The average Bonchev–Trinajstić information content (AvgIpc) is 2.90. The molecular weight excluding hydrogens is 434 g/mol. The molecule has 2 saturated heterocycles. The fourth-order valence-corrected chi connectivity index (χ4v) is 4.87. The summed E-state index contributed by atoms with van der Waals surface area (Å²) < 4.78 is 81.8. The lowest BCUT2D eigenvalue weighted by Crippen LogP contribution is -2.48. The van der Waals surface area contributed by atoms with Gasteiger partial charge in [-0.3, -0.25) is 0 Å². The highest BCUT2D eigenvalue weighted by atomic mass is 32.2. The Kier molecular flexibility index (Phi) is 5.52. The van der Waals surface area contributed by atoms with Crippen molar-refractivity contribution in [2.24, 2.45) is 0 Å². The zero-order valence-electron chi connectivity index (χ0n) is 15.3. The summed E-state index contributed by atoms with van der Waals surface area (Å²) in [5.41, 5.74) is -1.59. The van der Waals surface area contributed by atoms with E-state index in [0.717, 1.165) is 30.1 Å². The third-order valence-electron chi connectivity index (χ3n) is 4.87. The molecule has 3 heterocycles. The van der Waals surface area contributed by atoms with Crippen LogP contribution in [0, 0.1) is 0 Å². The lowest BCUT2D eigenvalue weighted by molar-refractivity contribution is -0.139. The molecular formula is C19H16F6N2O2S. The zero-order chi connectivity index (χ0) is 21.5. The molecule has 0 aliphatic carbocycles. The number of hydrogen-bond donors (Lipinski definition) is 0. The summed E-state index contributed by atoms with van der Waals surface area (Å²) in [6.45, 7) is 0. The van der Waals surface area contributed by atoms with Gasteiger partial charge in [-0.25, -0.2) is 4.98 Å². The Balaban J connectivity index is 1.36. The molecule has 0 unspecified atom stereocenters. The topological polar surface area (TPSA) is 34.6 Å². The maximum absolute atomic E-state index is 12.7. The zero-order valence-corrected chi connectivity index (χ0v) is 16.1. The number of fused-ring (bicyclic) bond motifs is 2. The molecule has 0 amide bonds. The summed E-state index contributed by atoms with van der Waals surface area (Å²) in [6, 6.07) is 6.60. The number of benzene rings is 1. The van der Waals surface area contributed by atoms with Crippen LogP contribution in [0.3, 0.4) is 0 Å². The van der Waals surface area contributed by atoms with E-state index in [4.69, 9.17) is 9.57 Å². The largest absolute Gasteiger partial charge is 0.490 e. The quantitative estimate of drug-likeness (QED) is 0.583. The highest BCUT2D eigenvalue weighted by Gasteiger charge is 2.44. The Morgan fingerprint density at radius 2 is 1.57 bits per heavy atom. The van der Waals surface area contributed by atoms with Gasteiger partial charge in [0, 0.05) is 30.9 Å². The summed E-state index contributed by atoms with van der Waals surface area (Å²) in [6.07, 6.45) is -7.21.